The summed E-state index contributed by atoms with van der Waals surface area (Å²) in [7, 11) is 0. The van der Waals surface area contributed by atoms with Gasteiger partial charge < -0.3 is 11.1 Å². The third-order valence-electron chi connectivity index (χ3n) is 2.75. The lowest BCUT2D eigenvalue weighted by molar-refractivity contribution is 0.0971. The molecule has 2 rings (SSSR count). The molecule has 4 nitrogen and oxygen atoms in total. The Morgan fingerprint density at radius 1 is 1.53 bits per heavy atom. The molecule has 1 aliphatic carbocycles. The van der Waals surface area contributed by atoms with Gasteiger partial charge in [-0.1, -0.05) is 30.8 Å². The number of nitrogens with one attached hydrogen (secondary N) is 1. The van der Waals surface area contributed by atoms with Crippen LogP contribution in [0.3, 0.4) is 0 Å². The van der Waals surface area contributed by atoms with Crippen molar-refractivity contribution in [2.75, 3.05) is 11.5 Å². The average Bonchev–Trinajstić information content (AvgIpc) is 2.74. The Kier molecular flexibility index (Phi) is 4.66. The van der Waals surface area contributed by atoms with Crippen LogP contribution >= 0.6 is 23.1 Å². The molecule has 0 unspecified atom stereocenters. The van der Waals surface area contributed by atoms with Gasteiger partial charge in [0.15, 0.2) is 4.34 Å². The lowest BCUT2D eigenvalue weighted by Gasteiger charge is -2.13. The number of thiazole rings is 1. The molecule has 0 aliphatic heterocycles. The number of thioether (sulfide) groups is 1. The second-order valence-electron chi connectivity index (χ2n) is 4.16. The lowest BCUT2D eigenvalue weighted by Crippen LogP contribution is -2.24. The Bertz CT molecular complexity index is 546. The van der Waals surface area contributed by atoms with Crippen LogP contribution in [0.15, 0.2) is 27.8 Å². The van der Waals surface area contributed by atoms with Gasteiger partial charge in [0.2, 0.25) is 0 Å². The summed E-state index contributed by atoms with van der Waals surface area (Å²) in [6.45, 7) is 4.04. The van der Waals surface area contributed by atoms with E-state index in [9.17, 15) is 4.79 Å². The van der Waals surface area contributed by atoms with Crippen molar-refractivity contribution in [2.45, 2.75) is 31.0 Å². The fourth-order valence-corrected chi connectivity index (χ4v) is 3.65. The molecule has 1 aromatic heterocycles. The molecule has 1 heterocycles. The van der Waals surface area contributed by atoms with Crippen molar-refractivity contribution in [3.8, 4) is 0 Å². The molecule has 0 radical (unpaired) electrons. The Morgan fingerprint density at radius 3 is 2.95 bits per heavy atom. The third kappa shape index (κ3) is 3.39. The molecule has 0 spiro atoms. The Balaban J connectivity index is 2.12. The molecular formula is C13H17N3OS2. The van der Waals surface area contributed by atoms with E-state index in [1.54, 1.807) is 11.8 Å². The summed E-state index contributed by atoms with van der Waals surface area (Å²) in [6.07, 6.45) is 6.17. The predicted octanol–water partition coefficient (Wildman–Crippen LogP) is 3.19. The fourth-order valence-electron chi connectivity index (χ4n) is 1.79. The molecule has 0 aromatic carbocycles. The highest BCUT2D eigenvalue weighted by molar-refractivity contribution is 8.01. The summed E-state index contributed by atoms with van der Waals surface area (Å²) >= 11 is 2.95. The van der Waals surface area contributed by atoms with Crippen molar-refractivity contribution in [3.63, 3.8) is 0 Å². The van der Waals surface area contributed by atoms with E-state index >= 15 is 0 Å². The number of allylic oxidation sites excluding steroid dienone is 3. The monoisotopic (exact) mass is 295 g/mol. The molecule has 6 heteroatoms. The van der Waals surface area contributed by atoms with Gasteiger partial charge in [0.05, 0.1) is 0 Å². The fraction of sp³-hybridized carbons (Fsp3) is 0.385. The minimum atomic E-state index is -0.168. The van der Waals surface area contributed by atoms with Crippen LogP contribution in [0, 0.1) is 0 Å². The first kappa shape index (κ1) is 14.1. The highest BCUT2D eigenvalue weighted by Crippen LogP contribution is 2.29. The molecule has 0 saturated heterocycles. The number of nitrogens with zero attached hydrogens (tertiary/aromatic N) is 1. The van der Waals surface area contributed by atoms with Crippen LogP contribution in [0.2, 0.25) is 0 Å². The Hall–Kier alpha value is -1.27. The molecule has 0 atom stereocenters. The second-order valence-corrected chi connectivity index (χ2v) is 6.67. The van der Waals surface area contributed by atoms with E-state index in [1.165, 1.54) is 11.3 Å². The molecule has 1 aromatic rings. The van der Waals surface area contributed by atoms with Crippen molar-refractivity contribution in [3.05, 3.63) is 28.3 Å². The summed E-state index contributed by atoms with van der Waals surface area (Å²) < 4.78 is 0.843. The zero-order valence-corrected chi connectivity index (χ0v) is 12.7. The van der Waals surface area contributed by atoms with E-state index in [0.717, 1.165) is 34.2 Å². The molecule has 3 N–H and O–H groups in total. The van der Waals surface area contributed by atoms with Crippen molar-refractivity contribution in [2.24, 2.45) is 0 Å². The molecule has 1 amide bonds. The van der Waals surface area contributed by atoms with Gasteiger partial charge in [0.1, 0.15) is 10.7 Å². The summed E-state index contributed by atoms with van der Waals surface area (Å²) in [5.74, 6) is 1.07. The van der Waals surface area contributed by atoms with E-state index in [-0.39, 0.29) is 5.91 Å². The van der Waals surface area contributed by atoms with Crippen molar-refractivity contribution >= 4 is 34.8 Å². The van der Waals surface area contributed by atoms with E-state index in [1.807, 2.05) is 19.9 Å². The second kappa shape index (κ2) is 6.25. The molecule has 1 aliphatic rings. The zero-order valence-electron chi connectivity index (χ0n) is 11.0. The number of carbonyl (C=O) groups excluding carboxylic acids is 1. The number of hydrogen-bond acceptors (Lipinski definition) is 5. The van der Waals surface area contributed by atoms with E-state index in [4.69, 9.17) is 5.73 Å². The molecule has 102 valence electrons. The molecule has 0 fully saturated rings. The third-order valence-corrected chi connectivity index (χ3v) is 4.84. The number of anilines is 1. The van der Waals surface area contributed by atoms with Crippen LogP contribution in [0.4, 0.5) is 5.82 Å². The first-order chi connectivity index (χ1) is 9.11. The SMILES string of the molecule is CCSc1nc(N)c(C(=O)NC2=CCCC=C2C)s1. The normalized spacial score (nSPS) is 14.8. The van der Waals surface area contributed by atoms with E-state index in [2.05, 4.69) is 16.4 Å². The smallest absolute Gasteiger partial charge is 0.269 e. The molecule has 19 heavy (non-hydrogen) atoms. The zero-order chi connectivity index (χ0) is 13.8. The standard InChI is InChI=1S/C13H17N3OS2/c1-3-18-13-16-11(14)10(19-13)12(17)15-9-7-5-4-6-8(9)2/h6-7H,3-5,14H2,1-2H3,(H,15,17). The number of aromatic nitrogens is 1. The first-order valence-corrected chi connectivity index (χ1v) is 7.99. The van der Waals surface area contributed by atoms with Crippen LogP contribution < -0.4 is 11.1 Å². The van der Waals surface area contributed by atoms with Gasteiger partial charge in [-0.25, -0.2) is 4.98 Å². The lowest BCUT2D eigenvalue weighted by atomic mass is 10.1. The van der Waals surface area contributed by atoms with Crippen molar-refractivity contribution < 1.29 is 4.79 Å². The van der Waals surface area contributed by atoms with Gasteiger partial charge >= 0.3 is 0 Å². The molecular weight excluding hydrogens is 278 g/mol. The van der Waals surface area contributed by atoms with Crippen LogP contribution in [0.25, 0.3) is 0 Å². The maximum Gasteiger partial charge on any atom is 0.269 e. The number of rotatable bonds is 4. The number of carbonyl (C=O) groups is 1. The topological polar surface area (TPSA) is 68.0 Å². The van der Waals surface area contributed by atoms with Crippen LogP contribution in [0.5, 0.6) is 0 Å². The maximum atomic E-state index is 12.2. The van der Waals surface area contributed by atoms with Crippen LogP contribution in [-0.2, 0) is 0 Å². The number of nitrogen functional groups attached to an aromatic ring is 1. The minimum absolute atomic E-state index is 0.168. The van der Waals surface area contributed by atoms with Gasteiger partial charge in [-0.15, -0.1) is 11.3 Å². The average molecular weight is 295 g/mol. The van der Waals surface area contributed by atoms with E-state index in [0.29, 0.717) is 10.7 Å². The van der Waals surface area contributed by atoms with Gasteiger partial charge in [-0.2, -0.15) is 0 Å². The molecule has 0 bridgehead atoms. The summed E-state index contributed by atoms with van der Waals surface area (Å²) in [5, 5.41) is 2.92. The quantitative estimate of drug-likeness (QED) is 0.837. The van der Waals surface area contributed by atoms with Gasteiger partial charge in [-0.3, -0.25) is 4.79 Å². The summed E-state index contributed by atoms with van der Waals surface area (Å²) in [4.78, 5) is 16.9. The minimum Gasteiger partial charge on any atom is -0.382 e. The maximum absolute atomic E-state index is 12.2. The van der Waals surface area contributed by atoms with Gasteiger partial charge in [0.25, 0.3) is 5.91 Å². The van der Waals surface area contributed by atoms with Crippen molar-refractivity contribution in [1.82, 2.24) is 10.3 Å². The highest BCUT2D eigenvalue weighted by atomic mass is 32.2. The summed E-state index contributed by atoms with van der Waals surface area (Å²) in [5.41, 5.74) is 7.79. The Labute approximate surface area is 121 Å². The predicted molar refractivity (Wildman–Crippen MR) is 81.5 cm³/mol. The largest absolute Gasteiger partial charge is 0.382 e. The van der Waals surface area contributed by atoms with E-state index < -0.39 is 0 Å². The number of hydrogen-bond donors (Lipinski definition) is 2. The van der Waals surface area contributed by atoms with Crippen LogP contribution in [-0.4, -0.2) is 16.6 Å². The Morgan fingerprint density at radius 2 is 2.26 bits per heavy atom. The highest BCUT2D eigenvalue weighted by Gasteiger charge is 2.18. The first-order valence-electron chi connectivity index (χ1n) is 6.19. The van der Waals surface area contributed by atoms with Gasteiger partial charge in [0, 0.05) is 5.70 Å². The number of amides is 1. The van der Waals surface area contributed by atoms with Crippen LogP contribution in [0.1, 0.15) is 36.4 Å². The number of nitrogens with two attached hydrogens (primary N) is 1. The molecule has 0 saturated carbocycles. The van der Waals surface area contributed by atoms with Crippen molar-refractivity contribution in [1.29, 1.82) is 0 Å². The van der Waals surface area contributed by atoms with Gasteiger partial charge in [-0.05, 0) is 31.1 Å². The summed E-state index contributed by atoms with van der Waals surface area (Å²) in [6, 6.07) is 0.